The van der Waals surface area contributed by atoms with E-state index in [-0.39, 0.29) is 16.9 Å². The smallest absolute Gasteiger partial charge is 0.350 e. The topological polar surface area (TPSA) is 72.2 Å². The minimum atomic E-state index is -4.49. The van der Waals surface area contributed by atoms with E-state index < -0.39 is 17.6 Å². The van der Waals surface area contributed by atoms with Crippen LogP contribution in [-0.4, -0.2) is 32.3 Å². The molecule has 0 bridgehead atoms. The third-order valence-electron chi connectivity index (χ3n) is 4.61. The molecule has 4 rings (SSSR count). The van der Waals surface area contributed by atoms with Crippen LogP contribution in [0, 0.1) is 0 Å². The second-order valence-corrected chi connectivity index (χ2v) is 7.19. The number of carbonyl (C=O) groups excluding carboxylic acids is 1. The zero-order chi connectivity index (χ0) is 22.0. The van der Waals surface area contributed by atoms with Crippen LogP contribution in [0.15, 0.2) is 60.9 Å². The van der Waals surface area contributed by atoms with Crippen LogP contribution in [0.3, 0.4) is 0 Å². The summed E-state index contributed by atoms with van der Waals surface area (Å²) in [5, 5.41) is 15.2. The van der Waals surface area contributed by atoms with E-state index in [9.17, 15) is 18.0 Å². The first-order chi connectivity index (χ1) is 14.8. The number of nitrogens with zero attached hydrogens (tertiary/aromatic N) is 4. The number of aromatic nitrogens is 4. The van der Waals surface area contributed by atoms with E-state index in [0.717, 1.165) is 17.7 Å². The molecule has 1 N–H and O–H groups in total. The summed E-state index contributed by atoms with van der Waals surface area (Å²) in [6, 6.07) is 13.5. The highest BCUT2D eigenvalue weighted by molar-refractivity contribution is 6.30. The van der Waals surface area contributed by atoms with Crippen LogP contribution in [0.2, 0.25) is 5.02 Å². The lowest BCUT2D eigenvalue weighted by atomic mass is 10.0. The first kappa shape index (κ1) is 20.8. The Morgan fingerprint density at radius 1 is 1.10 bits per heavy atom. The van der Waals surface area contributed by atoms with E-state index in [1.54, 1.807) is 12.1 Å². The van der Waals surface area contributed by atoms with Gasteiger partial charge in [-0.3, -0.25) is 4.79 Å². The van der Waals surface area contributed by atoms with Crippen molar-refractivity contribution in [3.8, 4) is 11.1 Å². The molecule has 0 aliphatic heterocycles. The minimum Gasteiger partial charge on any atom is -0.350 e. The minimum absolute atomic E-state index is 0.0378. The molecule has 31 heavy (non-hydrogen) atoms. The highest BCUT2D eigenvalue weighted by Crippen LogP contribution is 2.33. The van der Waals surface area contributed by atoms with Crippen molar-refractivity contribution in [2.75, 3.05) is 6.54 Å². The molecule has 2 heterocycles. The van der Waals surface area contributed by atoms with Crippen LogP contribution in [-0.2, 0) is 12.6 Å². The molecular weight excluding hydrogens is 431 g/mol. The van der Waals surface area contributed by atoms with Gasteiger partial charge < -0.3 is 5.32 Å². The predicted molar refractivity (Wildman–Crippen MR) is 109 cm³/mol. The Hall–Kier alpha value is -3.46. The summed E-state index contributed by atoms with van der Waals surface area (Å²) < 4.78 is 40.7. The molecule has 2 aromatic carbocycles. The number of nitrogens with one attached hydrogen (secondary N) is 1. The van der Waals surface area contributed by atoms with Crippen LogP contribution in [0.5, 0.6) is 0 Å². The third kappa shape index (κ3) is 4.66. The zero-order valence-electron chi connectivity index (χ0n) is 15.9. The quantitative estimate of drug-likeness (QED) is 0.493. The van der Waals surface area contributed by atoms with Crippen molar-refractivity contribution in [2.45, 2.75) is 12.6 Å². The number of hydrogen-bond donors (Lipinski definition) is 1. The van der Waals surface area contributed by atoms with E-state index in [1.807, 2.05) is 12.1 Å². The van der Waals surface area contributed by atoms with E-state index in [2.05, 4.69) is 20.6 Å². The number of fused-ring (bicyclic) bond motifs is 1. The van der Waals surface area contributed by atoms with Crippen LogP contribution in [0.4, 0.5) is 13.2 Å². The monoisotopic (exact) mass is 445 g/mol. The molecule has 2 aromatic heterocycles. The Kier molecular flexibility index (Phi) is 5.60. The number of alkyl halides is 3. The number of amides is 1. The summed E-state index contributed by atoms with van der Waals surface area (Å²) in [6.45, 7) is 0.348. The van der Waals surface area contributed by atoms with E-state index >= 15 is 0 Å². The molecule has 0 spiro atoms. The molecule has 158 valence electrons. The Bertz CT molecular complexity index is 1240. The standard InChI is InChI=1S/C21H15ClF3N5O/c22-16-6-4-13(5-7-16)8-9-26-20(31)18-11-17(19-28-27-12-30(19)29-18)14-2-1-3-15(10-14)21(23,24)25/h1-7,10-12H,8-9H2,(H,26,31). The first-order valence-electron chi connectivity index (χ1n) is 9.22. The van der Waals surface area contributed by atoms with Gasteiger partial charge in [-0.2, -0.15) is 22.8 Å². The average Bonchev–Trinajstić information content (AvgIpc) is 3.22. The normalized spacial score (nSPS) is 11.6. The molecule has 0 aliphatic carbocycles. The van der Waals surface area contributed by atoms with E-state index in [1.165, 1.54) is 29.0 Å². The molecule has 0 radical (unpaired) electrons. The lowest BCUT2D eigenvalue weighted by Gasteiger charge is -2.11. The summed E-state index contributed by atoms with van der Waals surface area (Å²) in [5.41, 5.74) is 1.06. The zero-order valence-corrected chi connectivity index (χ0v) is 16.7. The number of halogens is 4. The summed E-state index contributed by atoms with van der Waals surface area (Å²) in [5.74, 6) is -0.460. The van der Waals surface area contributed by atoms with Crippen molar-refractivity contribution in [1.29, 1.82) is 0 Å². The molecule has 0 fully saturated rings. The fourth-order valence-corrected chi connectivity index (χ4v) is 3.20. The number of benzene rings is 2. The molecule has 0 unspecified atom stereocenters. The van der Waals surface area contributed by atoms with Gasteiger partial charge in [-0.25, -0.2) is 0 Å². The maximum Gasteiger partial charge on any atom is 0.416 e. The molecule has 6 nitrogen and oxygen atoms in total. The highest BCUT2D eigenvalue weighted by Gasteiger charge is 2.30. The van der Waals surface area contributed by atoms with Crippen molar-refractivity contribution < 1.29 is 18.0 Å². The number of rotatable bonds is 5. The molecule has 1 amide bonds. The van der Waals surface area contributed by atoms with Gasteiger partial charge in [0.1, 0.15) is 12.0 Å². The fraction of sp³-hybridized carbons (Fsp3) is 0.143. The van der Waals surface area contributed by atoms with Crippen LogP contribution >= 0.6 is 11.6 Å². The lowest BCUT2D eigenvalue weighted by Crippen LogP contribution is -2.27. The maximum absolute atomic E-state index is 13.1. The third-order valence-corrected chi connectivity index (χ3v) is 4.87. The summed E-state index contributed by atoms with van der Waals surface area (Å²) in [6.07, 6.45) is -2.62. The largest absolute Gasteiger partial charge is 0.416 e. The van der Waals surface area contributed by atoms with Crippen molar-refractivity contribution >= 4 is 23.2 Å². The Balaban J connectivity index is 1.59. The Morgan fingerprint density at radius 3 is 2.61 bits per heavy atom. The lowest BCUT2D eigenvalue weighted by molar-refractivity contribution is -0.137. The highest BCUT2D eigenvalue weighted by atomic mass is 35.5. The molecule has 4 aromatic rings. The average molecular weight is 446 g/mol. The second kappa shape index (κ2) is 8.35. The van der Waals surface area contributed by atoms with Gasteiger partial charge >= 0.3 is 6.18 Å². The van der Waals surface area contributed by atoms with Crippen LogP contribution < -0.4 is 5.32 Å². The van der Waals surface area contributed by atoms with E-state index in [0.29, 0.717) is 23.6 Å². The van der Waals surface area contributed by atoms with Gasteiger partial charge in [0.25, 0.3) is 5.91 Å². The van der Waals surface area contributed by atoms with Gasteiger partial charge in [-0.05, 0) is 47.9 Å². The van der Waals surface area contributed by atoms with Gasteiger partial charge in [-0.15, -0.1) is 10.2 Å². The predicted octanol–water partition coefficient (Wildman–Crippen LogP) is 4.44. The van der Waals surface area contributed by atoms with Gasteiger partial charge in [0, 0.05) is 17.1 Å². The maximum atomic E-state index is 13.1. The van der Waals surface area contributed by atoms with Crippen molar-refractivity contribution in [1.82, 2.24) is 25.1 Å². The molecule has 0 saturated carbocycles. The van der Waals surface area contributed by atoms with Crippen molar-refractivity contribution in [2.24, 2.45) is 0 Å². The van der Waals surface area contributed by atoms with Crippen molar-refractivity contribution in [3.63, 3.8) is 0 Å². The van der Waals surface area contributed by atoms with Crippen LogP contribution in [0.1, 0.15) is 21.6 Å². The summed E-state index contributed by atoms with van der Waals surface area (Å²) in [7, 11) is 0. The molecule has 0 saturated heterocycles. The molecular formula is C21H15ClF3N5O. The Morgan fingerprint density at radius 2 is 1.87 bits per heavy atom. The summed E-state index contributed by atoms with van der Waals surface area (Å²) >= 11 is 5.86. The molecule has 0 atom stereocenters. The Labute approximate surface area is 179 Å². The van der Waals surface area contributed by atoms with Gasteiger partial charge in [0.15, 0.2) is 5.65 Å². The fourth-order valence-electron chi connectivity index (χ4n) is 3.08. The number of hydrogen-bond acceptors (Lipinski definition) is 4. The molecule has 0 aliphatic rings. The number of carbonyl (C=O) groups is 1. The molecule has 10 heteroatoms. The summed E-state index contributed by atoms with van der Waals surface area (Å²) in [4.78, 5) is 12.6. The van der Waals surface area contributed by atoms with Gasteiger partial charge in [0.05, 0.1) is 5.56 Å². The SMILES string of the molecule is O=C(NCCc1ccc(Cl)cc1)c1cc(-c2cccc(C(F)(F)F)c2)c2nncn2n1. The second-order valence-electron chi connectivity index (χ2n) is 6.75. The van der Waals surface area contributed by atoms with Gasteiger partial charge in [-0.1, -0.05) is 35.9 Å². The van der Waals surface area contributed by atoms with Crippen molar-refractivity contribution in [3.05, 3.63) is 82.8 Å². The first-order valence-corrected chi connectivity index (χ1v) is 9.60. The van der Waals surface area contributed by atoms with Gasteiger partial charge in [0.2, 0.25) is 0 Å². The van der Waals surface area contributed by atoms with Crippen LogP contribution in [0.25, 0.3) is 16.8 Å². The van der Waals surface area contributed by atoms with E-state index in [4.69, 9.17) is 11.6 Å².